The minimum atomic E-state index is 0.363. The fraction of sp³-hybridized carbons (Fsp3) is 0.263. The lowest BCUT2D eigenvalue weighted by Gasteiger charge is -2.10. The van der Waals surface area contributed by atoms with E-state index in [1.54, 1.807) is 24.5 Å². The summed E-state index contributed by atoms with van der Waals surface area (Å²) in [7, 11) is 3.77. The maximum absolute atomic E-state index is 6.30. The highest BCUT2D eigenvalue weighted by Gasteiger charge is 2.12. The molecule has 3 aromatic rings. The first kappa shape index (κ1) is 20.1. The van der Waals surface area contributed by atoms with Crippen molar-refractivity contribution in [1.82, 2.24) is 14.9 Å². The molecule has 3 rings (SSSR count). The zero-order valence-electron chi connectivity index (χ0n) is 15.5. The minimum absolute atomic E-state index is 0.363. The zero-order valence-corrected chi connectivity index (χ0v) is 17.0. The Bertz CT molecular complexity index is 896. The Kier molecular flexibility index (Phi) is 6.89. The number of aryl methyl sites for hydroxylation is 1. The van der Waals surface area contributed by atoms with Crippen molar-refractivity contribution in [3.8, 4) is 11.6 Å². The average molecular weight is 393 g/mol. The van der Waals surface area contributed by atoms with Gasteiger partial charge in [0.2, 0.25) is 5.88 Å². The summed E-state index contributed by atoms with van der Waals surface area (Å²) in [4.78, 5) is 13.7. The van der Waals surface area contributed by atoms with Crippen LogP contribution in [0.25, 0.3) is 11.0 Å². The lowest BCUT2D eigenvalue weighted by atomic mass is 10.3. The third kappa shape index (κ3) is 4.68. The number of pyridine rings is 1. The molecule has 1 N–H and O–H groups in total. The van der Waals surface area contributed by atoms with E-state index in [1.807, 2.05) is 52.0 Å². The summed E-state index contributed by atoms with van der Waals surface area (Å²) < 4.78 is 5.80. The standard InChI is InChI=1S/C17H16Cl2N4O.C2H6/c1-10-8-20-14-4-5-15(22-16(10)14)24-17-12(18)6-11(7-13(17)19)21-9-23(2)3;1-2/h4-9,20H,1-3H3;1-2H3. The first-order chi connectivity index (χ1) is 12.4. The summed E-state index contributed by atoms with van der Waals surface area (Å²) in [5.74, 6) is 0.792. The normalized spacial score (nSPS) is 10.7. The van der Waals surface area contributed by atoms with Crippen LogP contribution in [-0.2, 0) is 0 Å². The Morgan fingerprint density at radius 3 is 2.42 bits per heavy atom. The van der Waals surface area contributed by atoms with Gasteiger partial charge in [-0.3, -0.25) is 0 Å². The molecular weight excluding hydrogens is 371 g/mol. The monoisotopic (exact) mass is 392 g/mol. The van der Waals surface area contributed by atoms with Gasteiger partial charge in [-0.25, -0.2) is 9.98 Å². The van der Waals surface area contributed by atoms with Gasteiger partial charge < -0.3 is 14.6 Å². The van der Waals surface area contributed by atoms with E-state index in [2.05, 4.69) is 15.0 Å². The predicted molar refractivity (Wildman–Crippen MR) is 111 cm³/mol. The van der Waals surface area contributed by atoms with Crippen LogP contribution in [0.3, 0.4) is 0 Å². The lowest BCUT2D eigenvalue weighted by Crippen LogP contribution is -2.06. The van der Waals surface area contributed by atoms with Crippen molar-refractivity contribution in [2.24, 2.45) is 4.99 Å². The van der Waals surface area contributed by atoms with Crippen LogP contribution in [0.1, 0.15) is 19.4 Å². The Morgan fingerprint density at radius 2 is 1.81 bits per heavy atom. The molecule has 0 aliphatic carbocycles. The molecule has 0 spiro atoms. The van der Waals surface area contributed by atoms with E-state index >= 15 is 0 Å². The maximum Gasteiger partial charge on any atom is 0.220 e. The summed E-state index contributed by atoms with van der Waals surface area (Å²) in [6, 6.07) is 7.07. The number of aromatic amines is 1. The number of hydrogen-bond donors (Lipinski definition) is 1. The fourth-order valence-electron chi connectivity index (χ4n) is 2.17. The molecule has 2 aromatic heterocycles. The molecule has 0 fully saturated rings. The van der Waals surface area contributed by atoms with Crippen LogP contribution >= 0.6 is 23.2 Å². The molecule has 0 aliphatic rings. The van der Waals surface area contributed by atoms with Crippen molar-refractivity contribution >= 4 is 46.3 Å². The summed E-state index contributed by atoms with van der Waals surface area (Å²) in [6.07, 6.45) is 3.58. The second-order valence-corrected chi connectivity index (χ2v) is 6.38. The fourth-order valence-corrected chi connectivity index (χ4v) is 2.73. The molecule has 0 saturated heterocycles. The van der Waals surface area contributed by atoms with Gasteiger partial charge in [0.1, 0.15) is 0 Å². The first-order valence-electron chi connectivity index (χ1n) is 8.26. The highest BCUT2D eigenvalue weighted by Crippen LogP contribution is 2.39. The number of nitrogens with zero attached hydrogens (tertiary/aromatic N) is 3. The number of benzene rings is 1. The molecule has 5 nitrogen and oxygen atoms in total. The van der Waals surface area contributed by atoms with Gasteiger partial charge in [0, 0.05) is 26.4 Å². The summed E-state index contributed by atoms with van der Waals surface area (Å²) in [5, 5.41) is 0.752. The van der Waals surface area contributed by atoms with Gasteiger partial charge >= 0.3 is 0 Å². The first-order valence-corrected chi connectivity index (χ1v) is 9.02. The number of fused-ring (bicyclic) bond motifs is 1. The molecule has 0 unspecified atom stereocenters. The average Bonchev–Trinajstić information content (AvgIpc) is 2.99. The van der Waals surface area contributed by atoms with E-state index in [0.29, 0.717) is 27.4 Å². The van der Waals surface area contributed by atoms with Crippen molar-refractivity contribution in [3.05, 3.63) is 46.1 Å². The Morgan fingerprint density at radius 1 is 1.15 bits per heavy atom. The smallest absolute Gasteiger partial charge is 0.220 e. The van der Waals surface area contributed by atoms with Crippen LogP contribution in [0.5, 0.6) is 11.6 Å². The van der Waals surface area contributed by atoms with Crippen molar-refractivity contribution in [2.75, 3.05) is 14.1 Å². The van der Waals surface area contributed by atoms with Crippen LogP contribution in [0.15, 0.2) is 35.5 Å². The SMILES string of the molecule is CC.Cc1c[nH]c2ccc(Oc3c(Cl)cc(N=CN(C)C)cc3Cl)nc12. The number of ether oxygens (including phenoxy) is 1. The van der Waals surface area contributed by atoms with E-state index in [0.717, 1.165) is 16.6 Å². The van der Waals surface area contributed by atoms with Crippen LogP contribution in [0.2, 0.25) is 10.0 Å². The Labute approximate surface area is 163 Å². The number of halogens is 2. The molecule has 0 aliphatic heterocycles. The van der Waals surface area contributed by atoms with Crippen molar-refractivity contribution in [1.29, 1.82) is 0 Å². The molecule has 1 aromatic carbocycles. The Hall–Kier alpha value is -2.24. The highest BCUT2D eigenvalue weighted by molar-refractivity contribution is 6.37. The molecular formula is C19H22Cl2N4O. The van der Waals surface area contributed by atoms with E-state index in [1.165, 1.54) is 0 Å². The van der Waals surface area contributed by atoms with Gasteiger partial charge in [0.25, 0.3) is 0 Å². The number of nitrogens with one attached hydrogen (secondary N) is 1. The third-order valence-electron chi connectivity index (χ3n) is 3.31. The second kappa shape index (κ2) is 8.92. The Balaban J connectivity index is 0.00000117. The van der Waals surface area contributed by atoms with Crippen LogP contribution in [-0.4, -0.2) is 35.3 Å². The molecule has 2 heterocycles. The molecule has 7 heteroatoms. The van der Waals surface area contributed by atoms with Crippen LogP contribution in [0, 0.1) is 6.92 Å². The summed E-state index contributed by atoms with van der Waals surface area (Å²) >= 11 is 12.6. The zero-order chi connectivity index (χ0) is 19.3. The number of aromatic nitrogens is 2. The van der Waals surface area contributed by atoms with Crippen LogP contribution < -0.4 is 4.74 Å². The van der Waals surface area contributed by atoms with Gasteiger partial charge in [-0.1, -0.05) is 37.0 Å². The van der Waals surface area contributed by atoms with Crippen molar-refractivity contribution < 1.29 is 4.74 Å². The predicted octanol–water partition coefficient (Wildman–Crippen LogP) is 6.22. The number of rotatable bonds is 4. The maximum atomic E-state index is 6.30. The quantitative estimate of drug-likeness (QED) is 0.423. The van der Waals surface area contributed by atoms with E-state index in [-0.39, 0.29) is 0 Å². The number of aliphatic imine (C=N–C) groups is 1. The minimum Gasteiger partial charge on any atom is -0.436 e. The molecule has 0 amide bonds. The molecule has 138 valence electrons. The topological polar surface area (TPSA) is 53.5 Å². The second-order valence-electron chi connectivity index (χ2n) is 5.57. The number of H-pyrrole nitrogens is 1. The van der Waals surface area contributed by atoms with Gasteiger partial charge in [0.05, 0.1) is 33.1 Å². The third-order valence-corrected chi connectivity index (χ3v) is 3.88. The summed E-state index contributed by atoms with van der Waals surface area (Å²) in [5.41, 5.74) is 3.49. The van der Waals surface area contributed by atoms with Crippen molar-refractivity contribution in [2.45, 2.75) is 20.8 Å². The van der Waals surface area contributed by atoms with Gasteiger partial charge in [0.15, 0.2) is 5.75 Å². The molecule has 0 atom stereocenters. The molecule has 0 saturated carbocycles. The molecule has 0 bridgehead atoms. The highest BCUT2D eigenvalue weighted by atomic mass is 35.5. The largest absolute Gasteiger partial charge is 0.436 e. The lowest BCUT2D eigenvalue weighted by molar-refractivity contribution is 0.465. The van der Waals surface area contributed by atoms with E-state index in [4.69, 9.17) is 27.9 Å². The molecule has 0 radical (unpaired) electrons. The number of hydrogen-bond acceptors (Lipinski definition) is 3. The van der Waals surface area contributed by atoms with Gasteiger partial charge in [-0.15, -0.1) is 0 Å². The van der Waals surface area contributed by atoms with Gasteiger partial charge in [-0.05, 0) is 30.7 Å². The molecule has 26 heavy (non-hydrogen) atoms. The van der Waals surface area contributed by atoms with Gasteiger partial charge in [-0.2, -0.15) is 0 Å². The van der Waals surface area contributed by atoms with E-state index in [9.17, 15) is 0 Å². The van der Waals surface area contributed by atoms with Crippen LogP contribution in [0.4, 0.5) is 5.69 Å². The van der Waals surface area contributed by atoms with E-state index < -0.39 is 0 Å². The summed E-state index contributed by atoms with van der Waals surface area (Å²) in [6.45, 7) is 5.98. The van der Waals surface area contributed by atoms with Crippen molar-refractivity contribution in [3.63, 3.8) is 0 Å².